The molecule has 1 saturated carbocycles. The van der Waals surface area contributed by atoms with Crippen molar-refractivity contribution in [2.45, 2.75) is 82.0 Å². The summed E-state index contributed by atoms with van der Waals surface area (Å²) < 4.78 is 35.5. The number of ether oxygens (including phenoxy) is 1. The maximum Gasteiger partial charge on any atom is 0.233 e. The number of fused-ring (bicyclic) bond motifs is 2. The first-order valence-electron chi connectivity index (χ1n) is 13.2. The van der Waals surface area contributed by atoms with Gasteiger partial charge in [0.25, 0.3) is 0 Å². The molecule has 3 aliphatic rings. The van der Waals surface area contributed by atoms with E-state index in [9.17, 15) is 5.11 Å². The molecule has 0 unspecified atom stereocenters. The summed E-state index contributed by atoms with van der Waals surface area (Å²) in [6, 6.07) is 6.74. The van der Waals surface area contributed by atoms with Gasteiger partial charge in [-0.1, -0.05) is 0 Å². The molecule has 3 aromatic rings. The number of phenolic OH excluding ortho intramolecular Hbond substituents is 1. The van der Waals surface area contributed by atoms with Crippen LogP contribution in [0.25, 0.3) is 22.4 Å². The molecule has 2 aliphatic heterocycles. The summed E-state index contributed by atoms with van der Waals surface area (Å²) in [5.41, 5.74) is 0.00794. The number of phenols is 1. The second kappa shape index (κ2) is 9.11. The number of rotatable bonds is 6. The number of piperidine rings is 2. The average molecular weight is 523 g/mol. The van der Waals surface area contributed by atoms with Gasteiger partial charge >= 0.3 is 0 Å². The second-order valence-corrected chi connectivity index (χ2v) is 11.5. The Labute approximate surface area is 220 Å². The molecular weight excluding hydrogens is 490 g/mol. The molecule has 2 saturated heterocycles. The van der Waals surface area contributed by atoms with E-state index in [2.05, 4.69) is 44.5 Å². The Bertz CT molecular complexity index is 1350. The van der Waals surface area contributed by atoms with Crippen molar-refractivity contribution in [3.05, 3.63) is 42.1 Å². The normalized spacial score (nSPS) is 26.7. The quantitative estimate of drug-likeness (QED) is 0.466. The van der Waals surface area contributed by atoms with Crippen molar-refractivity contribution < 1.29 is 18.6 Å². The van der Waals surface area contributed by atoms with Gasteiger partial charge in [0.15, 0.2) is 17.5 Å². The van der Waals surface area contributed by atoms with Gasteiger partial charge in [-0.3, -0.25) is 0 Å². The molecular formula is C28H32F2N6O2. The van der Waals surface area contributed by atoms with Gasteiger partial charge in [0.1, 0.15) is 5.75 Å². The van der Waals surface area contributed by atoms with Crippen LogP contribution in [-0.4, -0.2) is 55.8 Å². The molecule has 0 spiro atoms. The maximum absolute atomic E-state index is 15.3. The van der Waals surface area contributed by atoms with Crippen LogP contribution in [0.4, 0.5) is 14.6 Å². The van der Waals surface area contributed by atoms with E-state index in [4.69, 9.17) is 4.74 Å². The molecule has 0 radical (unpaired) electrons. The van der Waals surface area contributed by atoms with Gasteiger partial charge in [0, 0.05) is 40.4 Å². The third kappa shape index (κ3) is 4.44. The Morgan fingerprint density at radius 3 is 2.37 bits per heavy atom. The molecule has 10 heteroatoms. The van der Waals surface area contributed by atoms with Gasteiger partial charge in [-0.2, -0.15) is 5.10 Å². The lowest BCUT2D eigenvalue weighted by Gasteiger charge is -2.55. The molecule has 200 valence electrons. The number of halogens is 2. The molecule has 1 aliphatic carbocycles. The van der Waals surface area contributed by atoms with Gasteiger partial charge < -0.3 is 20.1 Å². The van der Waals surface area contributed by atoms with Gasteiger partial charge in [0.2, 0.25) is 5.88 Å². The first-order chi connectivity index (χ1) is 18.2. The number of anilines is 1. The zero-order chi connectivity index (χ0) is 26.7. The number of nitrogens with one attached hydrogen (secondary N) is 1. The third-order valence-electron chi connectivity index (χ3n) is 8.28. The number of aromatic hydroxyl groups is 1. The number of hydrogen-bond acceptors (Lipinski definition) is 8. The fourth-order valence-corrected chi connectivity index (χ4v) is 6.62. The van der Waals surface area contributed by atoms with Crippen LogP contribution < -0.4 is 15.0 Å². The number of aromatic nitrogens is 4. The lowest BCUT2D eigenvalue weighted by molar-refractivity contribution is 0.0766. The van der Waals surface area contributed by atoms with Crippen molar-refractivity contribution in [1.29, 1.82) is 0 Å². The Hall–Kier alpha value is -3.40. The van der Waals surface area contributed by atoms with Crippen LogP contribution in [0.2, 0.25) is 0 Å². The largest absolute Gasteiger partial charge is 0.507 e. The Kier molecular flexibility index (Phi) is 5.97. The lowest BCUT2D eigenvalue weighted by Crippen LogP contribution is -2.67. The van der Waals surface area contributed by atoms with E-state index < -0.39 is 17.4 Å². The summed E-state index contributed by atoms with van der Waals surface area (Å²) in [6.07, 6.45) is 9.10. The topological polar surface area (TPSA) is 96.3 Å². The summed E-state index contributed by atoms with van der Waals surface area (Å²) in [5.74, 6) is -1.89. The van der Waals surface area contributed by atoms with Crippen LogP contribution in [0.5, 0.6) is 11.6 Å². The second-order valence-electron chi connectivity index (χ2n) is 11.5. The van der Waals surface area contributed by atoms with Crippen LogP contribution in [0.15, 0.2) is 30.5 Å². The Morgan fingerprint density at radius 2 is 1.74 bits per heavy atom. The molecule has 6 rings (SSSR count). The zero-order valence-corrected chi connectivity index (χ0v) is 21.8. The monoisotopic (exact) mass is 522 g/mol. The van der Waals surface area contributed by atoms with Crippen LogP contribution >= 0.6 is 0 Å². The van der Waals surface area contributed by atoms with Gasteiger partial charge in [-0.25, -0.2) is 8.78 Å². The zero-order valence-electron chi connectivity index (χ0n) is 21.8. The molecule has 38 heavy (non-hydrogen) atoms. The molecule has 2 N–H and O–H groups in total. The standard InChI is InChI=1S/C28H32F2N6O2/c1-27-9-4-10-28(2,35-27)14-18(13-27)36(17-5-6-17)22-8-7-20(32-33-22)24-21(37)12-19(25(29)26(24)30)16-11-23(38-3)34-31-15-16/h7-8,11-12,15,17-18,35,37H,4-6,9-10,13-14H2,1-3H3/t18-,27+,28-. The van der Waals surface area contributed by atoms with Crippen molar-refractivity contribution >= 4 is 5.82 Å². The predicted molar refractivity (Wildman–Crippen MR) is 139 cm³/mol. The minimum absolute atomic E-state index is 0.0662. The highest BCUT2D eigenvalue weighted by atomic mass is 19.2. The number of hydrogen-bond donors (Lipinski definition) is 2. The molecule has 0 amide bonds. The average Bonchev–Trinajstić information content (AvgIpc) is 3.71. The Morgan fingerprint density at radius 1 is 1.00 bits per heavy atom. The van der Waals surface area contributed by atoms with Crippen molar-refractivity contribution in [2.24, 2.45) is 0 Å². The molecule has 4 heterocycles. The first-order valence-corrected chi connectivity index (χ1v) is 13.2. The molecule has 3 atom stereocenters. The van der Waals surface area contributed by atoms with Gasteiger partial charge in [-0.05, 0) is 77.0 Å². The molecule has 2 bridgehead atoms. The van der Waals surface area contributed by atoms with Crippen molar-refractivity contribution in [2.75, 3.05) is 12.0 Å². The van der Waals surface area contributed by atoms with Crippen molar-refractivity contribution in [3.63, 3.8) is 0 Å². The smallest absolute Gasteiger partial charge is 0.233 e. The van der Waals surface area contributed by atoms with Crippen LogP contribution in [0.1, 0.15) is 58.8 Å². The van der Waals surface area contributed by atoms with E-state index in [1.807, 2.05) is 6.07 Å². The minimum atomic E-state index is -1.20. The van der Waals surface area contributed by atoms with E-state index >= 15 is 8.78 Å². The van der Waals surface area contributed by atoms with E-state index in [0.29, 0.717) is 12.1 Å². The van der Waals surface area contributed by atoms with E-state index in [1.54, 1.807) is 6.07 Å². The fourth-order valence-electron chi connectivity index (χ4n) is 6.62. The SMILES string of the molecule is COc1cc(-c2cc(O)c(-c3ccc(N(C4CC4)[C@@H]4C[C@]5(C)CCC[C@](C)(C4)N5)nn3)c(F)c2F)cnn1. The van der Waals surface area contributed by atoms with E-state index in [1.165, 1.54) is 25.8 Å². The maximum atomic E-state index is 15.3. The van der Waals surface area contributed by atoms with Crippen LogP contribution in [0.3, 0.4) is 0 Å². The Balaban J connectivity index is 1.31. The summed E-state index contributed by atoms with van der Waals surface area (Å²) in [6.45, 7) is 4.64. The van der Waals surface area contributed by atoms with Crippen molar-refractivity contribution in [1.82, 2.24) is 25.7 Å². The van der Waals surface area contributed by atoms with E-state index in [-0.39, 0.29) is 39.3 Å². The predicted octanol–water partition coefficient (Wildman–Crippen LogP) is 5.02. The van der Waals surface area contributed by atoms with E-state index in [0.717, 1.165) is 50.4 Å². The lowest BCUT2D eigenvalue weighted by atomic mass is 9.69. The number of nitrogens with zero attached hydrogens (tertiary/aromatic N) is 5. The first kappa shape index (κ1) is 24.9. The summed E-state index contributed by atoms with van der Waals surface area (Å²) >= 11 is 0. The van der Waals surface area contributed by atoms with Crippen LogP contribution in [0, 0.1) is 11.6 Å². The molecule has 3 fully saturated rings. The number of methoxy groups -OCH3 is 1. The molecule has 1 aromatic carbocycles. The highest BCUT2D eigenvalue weighted by molar-refractivity contribution is 5.75. The van der Waals surface area contributed by atoms with Gasteiger partial charge in [-0.15, -0.1) is 15.3 Å². The summed E-state index contributed by atoms with van der Waals surface area (Å²) in [7, 11) is 1.40. The highest BCUT2D eigenvalue weighted by Gasteiger charge is 2.49. The van der Waals surface area contributed by atoms with Crippen molar-refractivity contribution in [3.8, 4) is 34.0 Å². The fraction of sp³-hybridized carbons (Fsp3) is 0.500. The highest BCUT2D eigenvalue weighted by Crippen LogP contribution is 2.45. The minimum Gasteiger partial charge on any atom is -0.507 e. The molecule has 8 nitrogen and oxygen atoms in total. The van der Waals surface area contributed by atoms with Crippen LogP contribution in [-0.2, 0) is 0 Å². The number of benzene rings is 1. The summed E-state index contributed by atoms with van der Waals surface area (Å²) in [5, 5.41) is 30.8. The summed E-state index contributed by atoms with van der Waals surface area (Å²) in [4.78, 5) is 2.39. The molecule has 2 aromatic heterocycles. The van der Waals surface area contributed by atoms with Gasteiger partial charge in [0.05, 0.1) is 24.6 Å². The third-order valence-corrected chi connectivity index (χ3v) is 8.28.